The molecule has 2 rings (SSSR count). The number of halogens is 2. The first kappa shape index (κ1) is 6.38. The van der Waals surface area contributed by atoms with E-state index in [4.69, 9.17) is 4.74 Å². The van der Waals surface area contributed by atoms with Crippen LogP contribution in [0.25, 0.3) is 0 Å². The average Bonchev–Trinajstić information content (AvgIpc) is 2.46. The lowest BCUT2D eigenvalue weighted by atomic mass is 10.1. The van der Waals surface area contributed by atoms with Crippen molar-refractivity contribution in [1.82, 2.24) is 0 Å². The molecule has 1 fully saturated rings. The van der Waals surface area contributed by atoms with E-state index in [1.165, 1.54) is 8.96 Å². The zero-order chi connectivity index (χ0) is 6.43. The van der Waals surface area contributed by atoms with E-state index in [9.17, 15) is 0 Å². The lowest BCUT2D eigenvalue weighted by Gasteiger charge is -2.05. The van der Waals surface area contributed by atoms with Crippen molar-refractivity contribution in [2.24, 2.45) is 0 Å². The monoisotopic (exact) mass is 252 g/mol. The number of rotatable bonds is 0. The van der Waals surface area contributed by atoms with Gasteiger partial charge in [0.2, 0.25) is 0 Å². The Bertz CT molecular complexity index is 158. The molecule has 0 spiro atoms. The summed E-state index contributed by atoms with van der Waals surface area (Å²) < 4.78 is 7.87. The summed E-state index contributed by atoms with van der Waals surface area (Å²) in [6, 6.07) is 0. The molecule has 50 valence electrons. The van der Waals surface area contributed by atoms with Crippen molar-refractivity contribution in [3.63, 3.8) is 0 Å². The minimum atomic E-state index is 0.528. The van der Waals surface area contributed by atoms with Gasteiger partial charge in [0, 0.05) is 21.8 Å². The Balaban J connectivity index is 2.17. The molecule has 2 aliphatic rings. The molecule has 3 heteroatoms. The standard InChI is InChI=1S/C6H6Br2O/c7-3-1-5-6(9-5)2-4(3)8/h5-6H,1-2H2. The fourth-order valence-corrected chi connectivity index (χ4v) is 2.07. The van der Waals surface area contributed by atoms with E-state index in [2.05, 4.69) is 31.9 Å². The van der Waals surface area contributed by atoms with E-state index in [0.29, 0.717) is 12.2 Å². The minimum Gasteiger partial charge on any atom is -0.369 e. The summed E-state index contributed by atoms with van der Waals surface area (Å²) in [5, 5.41) is 0. The number of fused-ring (bicyclic) bond motifs is 1. The molecule has 1 nitrogen and oxygen atoms in total. The third-order valence-electron chi connectivity index (χ3n) is 1.74. The highest BCUT2D eigenvalue weighted by molar-refractivity contribution is 9.14. The van der Waals surface area contributed by atoms with Crippen molar-refractivity contribution >= 4 is 31.9 Å². The van der Waals surface area contributed by atoms with Gasteiger partial charge in [-0.2, -0.15) is 0 Å². The molecule has 0 radical (unpaired) electrons. The number of epoxide rings is 1. The van der Waals surface area contributed by atoms with Gasteiger partial charge in [-0.25, -0.2) is 0 Å². The molecule has 0 amide bonds. The first-order valence-electron chi connectivity index (χ1n) is 2.96. The minimum absolute atomic E-state index is 0.528. The quantitative estimate of drug-likeness (QED) is 0.605. The number of ether oxygens (including phenoxy) is 1. The molecular formula is C6H6Br2O. The van der Waals surface area contributed by atoms with Crippen molar-refractivity contribution in [2.75, 3.05) is 0 Å². The van der Waals surface area contributed by atoms with Crippen LogP contribution in [0, 0.1) is 0 Å². The molecule has 9 heavy (non-hydrogen) atoms. The summed E-state index contributed by atoms with van der Waals surface area (Å²) in [5.74, 6) is 0. The Hall–Kier alpha value is 0.660. The van der Waals surface area contributed by atoms with E-state index in [-0.39, 0.29) is 0 Å². The second-order valence-electron chi connectivity index (χ2n) is 2.43. The highest BCUT2D eigenvalue weighted by Gasteiger charge is 2.42. The van der Waals surface area contributed by atoms with Crippen LogP contribution in [0.5, 0.6) is 0 Å². The molecule has 1 aliphatic heterocycles. The highest BCUT2D eigenvalue weighted by Crippen LogP contribution is 2.43. The predicted octanol–water partition coefficient (Wildman–Crippen LogP) is 2.55. The molecule has 0 bridgehead atoms. The maximum atomic E-state index is 5.32. The Labute approximate surface area is 70.7 Å². The van der Waals surface area contributed by atoms with Crippen molar-refractivity contribution in [1.29, 1.82) is 0 Å². The molecule has 2 atom stereocenters. The van der Waals surface area contributed by atoms with Crippen LogP contribution in [0.3, 0.4) is 0 Å². The molecule has 1 saturated heterocycles. The van der Waals surface area contributed by atoms with Gasteiger partial charge in [0.15, 0.2) is 0 Å². The molecule has 0 aromatic rings. The second-order valence-corrected chi connectivity index (χ2v) is 4.35. The number of hydrogen-bond donors (Lipinski definition) is 0. The van der Waals surface area contributed by atoms with E-state index in [1.807, 2.05) is 0 Å². The van der Waals surface area contributed by atoms with Crippen LogP contribution in [0.1, 0.15) is 12.8 Å². The van der Waals surface area contributed by atoms with Crippen LogP contribution in [0.4, 0.5) is 0 Å². The fourth-order valence-electron chi connectivity index (χ4n) is 1.11. The highest BCUT2D eigenvalue weighted by atomic mass is 79.9. The molecule has 1 heterocycles. The second kappa shape index (κ2) is 2.07. The van der Waals surface area contributed by atoms with Crippen LogP contribution in [0.15, 0.2) is 8.96 Å². The van der Waals surface area contributed by atoms with Gasteiger partial charge in [-0.1, -0.05) is 31.9 Å². The Morgan fingerprint density at radius 2 is 1.56 bits per heavy atom. The lowest BCUT2D eigenvalue weighted by Crippen LogP contribution is -2.01. The first-order chi connectivity index (χ1) is 4.27. The predicted molar refractivity (Wildman–Crippen MR) is 42.8 cm³/mol. The van der Waals surface area contributed by atoms with Gasteiger partial charge >= 0.3 is 0 Å². The fraction of sp³-hybridized carbons (Fsp3) is 0.667. The average molecular weight is 254 g/mol. The van der Waals surface area contributed by atoms with Gasteiger partial charge in [0.25, 0.3) is 0 Å². The Kier molecular flexibility index (Phi) is 1.47. The smallest absolute Gasteiger partial charge is 0.0891 e. The Morgan fingerprint density at radius 1 is 1.11 bits per heavy atom. The van der Waals surface area contributed by atoms with E-state index < -0.39 is 0 Å². The van der Waals surface area contributed by atoms with E-state index in [0.717, 1.165) is 12.8 Å². The van der Waals surface area contributed by atoms with E-state index >= 15 is 0 Å². The molecule has 0 N–H and O–H groups in total. The lowest BCUT2D eigenvalue weighted by molar-refractivity contribution is 0.376. The van der Waals surface area contributed by atoms with Gasteiger partial charge < -0.3 is 4.74 Å². The molecule has 0 aromatic carbocycles. The first-order valence-corrected chi connectivity index (χ1v) is 4.54. The van der Waals surface area contributed by atoms with E-state index in [1.54, 1.807) is 0 Å². The van der Waals surface area contributed by atoms with Gasteiger partial charge in [0.05, 0.1) is 12.2 Å². The molecule has 0 saturated carbocycles. The Morgan fingerprint density at radius 3 is 2.00 bits per heavy atom. The van der Waals surface area contributed by atoms with Crippen LogP contribution < -0.4 is 0 Å². The summed E-state index contributed by atoms with van der Waals surface area (Å²) in [6.07, 6.45) is 3.18. The van der Waals surface area contributed by atoms with Crippen LogP contribution >= 0.6 is 31.9 Å². The zero-order valence-corrected chi connectivity index (χ0v) is 7.91. The van der Waals surface area contributed by atoms with Gasteiger partial charge in [0.1, 0.15) is 0 Å². The molecule has 1 aliphatic carbocycles. The largest absolute Gasteiger partial charge is 0.369 e. The van der Waals surface area contributed by atoms with Crippen molar-refractivity contribution < 1.29 is 4.74 Å². The SMILES string of the molecule is BrC1=C(Br)CC2OC2C1. The van der Waals surface area contributed by atoms with Crippen LogP contribution in [-0.2, 0) is 4.74 Å². The van der Waals surface area contributed by atoms with Crippen molar-refractivity contribution in [3.8, 4) is 0 Å². The summed E-state index contributed by atoms with van der Waals surface area (Å²) in [6.45, 7) is 0. The third-order valence-corrected chi connectivity index (χ3v) is 3.88. The summed E-state index contributed by atoms with van der Waals surface area (Å²) in [5.41, 5.74) is 0. The summed E-state index contributed by atoms with van der Waals surface area (Å²) in [4.78, 5) is 0. The molecule has 2 unspecified atom stereocenters. The van der Waals surface area contributed by atoms with Crippen molar-refractivity contribution in [3.05, 3.63) is 8.96 Å². The van der Waals surface area contributed by atoms with Gasteiger partial charge in [-0.15, -0.1) is 0 Å². The number of hydrogen-bond acceptors (Lipinski definition) is 1. The van der Waals surface area contributed by atoms with Gasteiger partial charge in [-0.3, -0.25) is 0 Å². The maximum Gasteiger partial charge on any atom is 0.0891 e. The normalized spacial score (nSPS) is 40.7. The van der Waals surface area contributed by atoms with Gasteiger partial charge in [-0.05, 0) is 0 Å². The zero-order valence-electron chi connectivity index (χ0n) is 4.73. The van der Waals surface area contributed by atoms with Crippen LogP contribution in [-0.4, -0.2) is 12.2 Å². The summed E-state index contributed by atoms with van der Waals surface area (Å²) >= 11 is 6.95. The van der Waals surface area contributed by atoms with Crippen molar-refractivity contribution in [2.45, 2.75) is 25.0 Å². The van der Waals surface area contributed by atoms with Crippen LogP contribution in [0.2, 0.25) is 0 Å². The summed E-state index contributed by atoms with van der Waals surface area (Å²) in [7, 11) is 0. The third kappa shape index (κ3) is 1.10. The molecular weight excluding hydrogens is 248 g/mol. The molecule has 0 aromatic heterocycles. The maximum absolute atomic E-state index is 5.32. The topological polar surface area (TPSA) is 12.5 Å².